The molecule has 1 atom stereocenters. The molecule has 1 aromatic rings. The average Bonchev–Trinajstić information content (AvgIpc) is 2.81. The molecular formula is C27H41N3O4. The molecule has 0 bridgehead atoms. The molecule has 2 N–H and O–H groups in total. The Morgan fingerprint density at radius 1 is 1.03 bits per heavy atom. The van der Waals surface area contributed by atoms with E-state index in [4.69, 9.17) is 4.74 Å². The van der Waals surface area contributed by atoms with Crippen LogP contribution in [0.25, 0.3) is 0 Å². The number of hydrogen-bond acceptors (Lipinski definition) is 4. The van der Waals surface area contributed by atoms with Crippen LogP contribution in [-0.2, 0) is 14.3 Å². The van der Waals surface area contributed by atoms with E-state index in [-0.39, 0.29) is 18.5 Å². The first-order chi connectivity index (χ1) is 16.4. The fraction of sp³-hybridized carbons (Fsp3) is 0.593. The molecule has 0 spiro atoms. The predicted octanol–water partition coefficient (Wildman–Crippen LogP) is 6.08. The molecule has 188 valence electrons. The third-order valence-corrected chi connectivity index (χ3v) is 6.26. The standard InChI is InChI=1S/C27H41N3O4/c1-5-7-8-9-10-11-12-13-14-18-23(31)28-22-17-15-16-21(19-22)25-24(26(32)34-6-2)20(3)30(4)27(33)29-25/h15-17,19,25H,5-14,18H2,1-4H3,(H,28,31)(H,29,33). The summed E-state index contributed by atoms with van der Waals surface area (Å²) in [6.45, 7) is 5.95. The second kappa shape index (κ2) is 14.4. The quantitative estimate of drug-likeness (QED) is 0.254. The maximum atomic E-state index is 12.6. The van der Waals surface area contributed by atoms with E-state index in [0.717, 1.165) is 12.8 Å². The van der Waals surface area contributed by atoms with Gasteiger partial charge in [-0.25, -0.2) is 9.59 Å². The first-order valence-corrected chi connectivity index (χ1v) is 12.7. The number of carbonyl (C=O) groups excluding carboxylic acids is 3. The normalized spacial score (nSPS) is 15.8. The van der Waals surface area contributed by atoms with Gasteiger partial charge >= 0.3 is 12.0 Å². The second-order valence-corrected chi connectivity index (χ2v) is 8.91. The Bertz CT molecular complexity index is 865. The predicted molar refractivity (Wildman–Crippen MR) is 135 cm³/mol. The number of urea groups is 1. The van der Waals surface area contributed by atoms with Crippen molar-refractivity contribution in [2.45, 2.75) is 91.0 Å². The van der Waals surface area contributed by atoms with Crippen LogP contribution in [-0.4, -0.2) is 36.5 Å². The highest BCUT2D eigenvalue weighted by molar-refractivity contribution is 5.95. The van der Waals surface area contributed by atoms with Crippen molar-refractivity contribution in [1.82, 2.24) is 10.2 Å². The Morgan fingerprint density at radius 3 is 2.32 bits per heavy atom. The van der Waals surface area contributed by atoms with Crippen LogP contribution >= 0.6 is 0 Å². The molecule has 0 saturated carbocycles. The zero-order valence-electron chi connectivity index (χ0n) is 21.2. The number of rotatable bonds is 14. The van der Waals surface area contributed by atoms with Gasteiger partial charge in [-0.1, -0.05) is 70.4 Å². The largest absolute Gasteiger partial charge is 0.463 e. The molecular weight excluding hydrogens is 430 g/mol. The Hall–Kier alpha value is -2.83. The molecule has 34 heavy (non-hydrogen) atoms. The molecule has 0 saturated heterocycles. The summed E-state index contributed by atoms with van der Waals surface area (Å²) >= 11 is 0. The lowest BCUT2D eigenvalue weighted by atomic mass is 9.94. The minimum atomic E-state index is -0.642. The van der Waals surface area contributed by atoms with Gasteiger partial charge in [0.1, 0.15) is 0 Å². The van der Waals surface area contributed by atoms with Gasteiger partial charge in [-0.3, -0.25) is 4.79 Å². The van der Waals surface area contributed by atoms with Gasteiger partial charge in [0.15, 0.2) is 0 Å². The Labute approximate surface area is 204 Å². The molecule has 1 aromatic carbocycles. The summed E-state index contributed by atoms with van der Waals surface area (Å²) in [6, 6.07) is 6.32. The van der Waals surface area contributed by atoms with Crippen LogP contribution in [0.2, 0.25) is 0 Å². The van der Waals surface area contributed by atoms with Crippen molar-refractivity contribution in [3.8, 4) is 0 Å². The van der Waals surface area contributed by atoms with E-state index in [0.29, 0.717) is 28.9 Å². The number of unbranched alkanes of at least 4 members (excludes halogenated alkanes) is 8. The number of amides is 3. The van der Waals surface area contributed by atoms with Crippen molar-refractivity contribution < 1.29 is 19.1 Å². The fourth-order valence-corrected chi connectivity index (χ4v) is 4.17. The lowest BCUT2D eigenvalue weighted by Gasteiger charge is -2.33. The number of nitrogens with zero attached hydrogens (tertiary/aromatic N) is 1. The Morgan fingerprint density at radius 2 is 1.68 bits per heavy atom. The van der Waals surface area contributed by atoms with Crippen molar-refractivity contribution >= 4 is 23.6 Å². The summed E-state index contributed by atoms with van der Waals surface area (Å²) in [5.41, 5.74) is 2.30. The molecule has 0 aliphatic carbocycles. The number of nitrogens with one attached hydrogen (secondary N) is 2. The SMILES string of the molecule is CCCCCCCCCCCC(=O)Nc1cccc(C2NC(=O)N(C)C(C)=C2C(=O)OCC)c1. The van der Waals surface area contributed by atoms with Crippen LogP contribution in [0.1, 0.15) is 96.6 Å². The monoisotopic (exact) mass is 471 g/mol. The van der Waals surface area contributed by atoms with Crippen molar-refractivity contribution in [1.29, 1.82) is 0 Å². The van der Waals surface area contributed by atoms with Crippen LogP contribution < -0.4 is 10.6 Å². The van der Waals surface area contributed by atoms with E-state index in [1.165, 1.54) is 49.8 Å². The molecule has 2 rings (SSSR count). The van der Waals surface area contributed by atoms with Crippen molar-refractivity contribution in [2.75, 3.05) is 19.0 Å². The second-order valence-electron chi connectivity index (χ2n) is 8.91. The zero-order chi connectivity index (χ0) is 24.9. The molecule has 0 radical (unpaired) electrons. The van der Waals surface area contributed by atoms with E-state index in [1.54, 1.807) is 27.0 Å². The minimum Gasteiger partial charge on any atom is -0.463 e. The van der Waals surface area contributed by atoms with E-state index in [1.807, 2.05) is 18.2 Å². The van der Waals surface area contributed by atoms with Crippen LogP contribution in [0.5, 0.6) is 0 Å². The van der Waals surface area contributed by atoms with E-state index in [2.05, 4.69) is 17.6 Å². The number of ether oxygens (including phenoxy) is 1. The number of benzene rings is 1. The highest BCUT2D eigenvalue weighted by atomic mass is 16.5. The fourth-order valence-electron chi connectivity index (χ4n) is 4.17. The van der Waals surface area contributed by atoms with Gasteiger partial charge in [-0.05, 0) is 38.0 Å². The average molecular weight is 472 g/mol. The summed E-state index contributed by atoms with van der Waals surface area (Å²) in [4.78, 5) is 38.9. The van der Waals surface area contributed by atoms with Gasteiger partial charge in [-0.15, -0.1) is 0 Å². The number of carbonyl (C=O) groups is 3. The third kappa shape index (κ3) is 8.19. The first kappa shape index (κ1) is 27.4. The Balaban J connectivity index is 1.93. The minimum absolute atomic E-state index is 0.0233. The maximum Gasteiger partial charge on any atom is 0.338 e. The summed E-state index contributed by atoms with van der Waals surface area (Å²) in [5.74, 6) is -0.485. The molecule has 0 fully saturated rings. The molecule has 3 amide bonds. The van der Waals surface area contributed by atoms with Gasteiger partial charge in [0.25, 0.3) is 0 Å². The van der Waals surface area contributed by atoms with Crippen LogP contribution in [0.4, 0.5) is 10.5 Å². The Kier molecular flexibility index (Phi) is 11.6. The highest BCUT2D eigenvalue weighted by Gasteiger charge is 2.35. The lowest BCUT2D eigenvalue weighted by molar-refractivity contribution is -0.139. The van der Waals surface area contributed by atoms with Crippen molar-refractivity contribution in [2.24, 2.45) is 0 Å². The molecule has 7 heteroatoms. The molecule has 1 aliphatic rings. The van der Waals surface area contributed by atoms with E-state index in [9.17, 15) is 14.4 Å². The molecule has 7 nitrogen and oxygen atoms in total. The van der Waals surface area contributed by atoms with Crippen LogP contribution in [0.15, 0.2) is 35.5 Å². The first-order valence-electron chi connectivity index (χ1n) is 12.7. The van der Waals surface area contributed by atoms with Gasteiger partial charge in [0, 0.05) is 24.9 Å². The van der Waals surface area contributed by atoms with Crippen molar-refractivity contribution in [3.63, 3.8) is 0 Å². The van der Waals surface area contributed by atoms with Gasteiger partial charge in [-0.2, -0.15) is 0 Å². The smallest absolute Gasteiger partial charge is 0.338 e. The van der Waals surface area contributed by atoms with Crippen LogP contribution in [0.3, 0.4) is 0 Å². The van der Waals surface area contributed by atoms with Gasteiger partial charge in [0.2, 0.25) is 5.91 Å². The lowest BCUT2D eigenvalue weighted by Crippen LogP contribution is -2.46. The highest BCUT2D eigenvalue weighted by Crippen LogP contribution is 2.31. The van der Waals surface area contributed by atoms with E-state index >= 15 is 0 Å². The molecule has 1 unspecified atom stereocenters. The summed E-state index contributed by atoms with van der Waals surface area (Å²) < 4.78 is 5.23. The number of esters is 1. The zero-order valence-corrected chi connectivity index (χ0v) is 21.2. The molecule has 1 aliphatic heterocycles. The topological polar surface area (TPSA) is 87.7 Å². The number of hydrogen-bond donors (Lipinski definition) is 2. The molecule has 1 heterocycles. The van der Waals surface area contributed by atoms with Crippen LogP contribution in [0, 0.1) is 0 Å². The summed E-state index contributed by atoms with van der Waals surface area (Å²) in [6.07, 6.45) is 11.4. The third-order valence-electron chi connectivity index (χ3n) is 6.26. The van der Waals surface area contributed by atoms with Gasteiger partial charge < -0.3 is 20.3 Å². The maximum absolute atomic E-state index is 12.6. The number of allylic oxidation sites excluding steroid dienone is 1. The van der Waals surface area contributed by atoms with Crippen molar-refractivity contribution in [3.05, 3.63) is 41.1 Å². The summed E-state index contributed by atoms with van der Waals surface area (Å²) in [5, 5.41) is 5.82. The number of anilines is 1. The summed E-state index contributed by atoms with van der Waals surface area (Å²) in [7, 11) is 1.61. The molecule has 0 aromatic heterocycles. The van der Waals surface area contributed by atoms with Gasteiger partial charge in [0.05, 0.1) is 18.2 Å². The van der Waals surface area contributed by atoms with E-state index < -0.39 is 12.0 Å².